The highest BCUT2D eigenvalue weighted by molar-refractivity contribution is 7.89. The number of nitrogens with two attached hydrogens (primary N) is 1. The van der Waals surface area contributed by atoms with E-state index in [2.05, 4.69) is 4.72 Å². The fraction of sp³-hybridized carbons (Fsp3) is 0.333. The van der Waals surface area contributed by atoms with Crippen LogP contribution in [-0.2, 0) is 10.0 Å². The molecule has 1 rings (SSSR count). The standard InChI is InChI=1S/C9H13ClN2O2S.ClH/c1-7(6-11)12-15(13,14)9-4-2-8(10)3-5-9;/h2-5,7,12H,6,11H2,1H3;1H/t7-;/m0./s1. The van der Waals surface area contributed by atoms with Crippen molar-refractivity contribution in [1.29, 1.82) is 0 Å². The Kier molecular flexibility index (Phi) is 6.28. The number of hydrogen-bond acceptors (Lipinski definition) is 3. The molecule has 0 amide bonds. The minimum absolute atomic E-state index is 0. The van der Waals surface area contributed by atoms with Gasteiger partial charge in [0.05, 0.1) is 4.90 Å². The Labute approximate surface area is 107 Å². The van der Waals surface area contributed by atoms with Crippen LogP contribution in [0.25, 0.3) is 0 Å². The number of halogens is 2. The van der Waals surface area contributed by atoms with E-state index in [1.54, 1.807) is 6.92 Å². The SMILES string of the molecule is C[C@@H](CN)NS(=O)(=O)c1ccc(Cl)cc1.Cl. The molecule has 0 fully saturated rings. The third-order valence-electron chi connectivity index (χ3n) is 1.83. The Hall–Kier alpha value is -0.330. The van der Waals surface area contributed by atoms with Gasteiger partial charge in [-0.05, 0) is 31.2 Å². The summed E-state index contributed by atoms with van der Waals surface area (Å²) in [4.78, 5) is 0.187. The predicted molar refractivity (Wildman–Crippen MR) is 67.5 cm³/mol. The first-order chi connectivity index (χ1) is 6.95. The fourth-order valence-electron chi connectivity index (χ4n) is 0.995. The van der Waals surface area contributed by atoms with Crippen LogP contribution in [-0.4, -0.2) is 21.0 Å². The lowest BCUT2D eigenvalue weighted by atomic mass is 10.4. The van der Waals surface area contributed by atoms with Crippen LogP contribution < -0.4 is 10.5 Å². The fourth-order valence-corrected chi connectivity index (χ4v) is 2.38. The molecule has 1 atom stereocenters. The van der Waals surface area contributed by atoms with Gasteiger partial charge < -0.3 is 5.73 Å². The highest BCUT2D eigenvalue weighted by atomic mass is 35.5. The van der Waals surface area contributed by atoms with Gasteiger partial charge in [0.1, 0.15) is 0 Å². The van der Waals surface area contributed by atoms with Crippen molar-refractivity contribution in [3.8, 4) is 0 Å². The molecule has 0 saturated heterocycles. The molecular weight excluding hydrogens is 271 g/mol. The van der Waals surface area contributed by atoms with Crippen LogP contribution in [0.4, 0.5) is 0 Å². The summed E-state index contributed by atoms with van der Waals surface area (Å²) >= 11 is 5.66. The van der Waals surface area contributed by atoms with Crippen LogP contribution >= 0.6 is 24.0 Å². The van der Waals surface area contributed by atoms with Crippen molar-refractivity contribution in [3.05, 3.63) is 29.3 Å². The minimum Gasteiger partial charge on any atom is -0.329 e. The third-order valence-corrected chi connectivity index (χ3v) is 3.69. The van der Waals surface area contributed by atoms with Crippen molar-refractivity contribution in [2.45, 2.75) is 17.9 Å². The van der Waals surface area contributed by atoms with Crippen molar-refractivity contribution < 1.29 is 8.42 Å². The largest absolute Gasteiger partial charge is 0.329 e. The molecule has 7 heteroatoms. The van der Waals surface area contributed by atoms with Crippen molar-refractivity contribution >= 4 is 34.0 Å². The molecule has 0 radical (unpaired) electrons. The first-order valence-corrected chi connectivity index (χ1v) is 6.30. The van der Waals surface area contributed by atoms with Crippen molar-refractivity contribution in [2.75, 3.05) is 6.54 Å². The van der Waals surface area contributed by atoms with Crippen molar-refractivity contribution in [2.24, 2.45) is 5.73 Å². The van der Waals surface area contributed by atoms with E-state index in [4.69, 9.17) is 17.3 Å². The van der Waals surface area contributed by atoms with Gasteiger partial charge in [-0.3, -0.25) is 0 Å². The van der Waals surface area contributed by atoms with Gasteiger partial charge in [0.15, 0.2) is 0 Å². The zero-order valence-corrected chi connectivity index (χ0v) is 11.1. The lowest BCUT2D eigenvalue weighted by Crippen LogP contribution is -2.37. The second kappa shape index (κ2) is 6.42. The molecule has 0 aliphatic rings. The Bertz CT molecular complexity index is 420. The van der Waals surface area contributed by atoms with Crippen LogP contribution in [0.3, 0.4) is 0 Å². The van der Waals surface area contributed by atoms with E-state index in [0.717, 1.165) is 0 Å². The monoisotopic (exact) mass is 284 g/mol. The van der Waals surface area contributed by atoms with Gasteiger partial charge >= 0.3 is 0 Å². The van der Waals surface area contributed by atoms with Crippen LogP contribution in [0.5, 0.6) is 0 Å². The molecule has 0 unspecified atom stereocenters. The topological polar surface area (TPSA) is 72.2 Å². The summed E-state index contributed by atoms with van der Waals surface area (Å²) in [5.41, 5.74) is 5.33. The van der Waals surface area contributed by atoms with Gasteiger partial charge in [0, 0.05) is 17.6 Å². The summed E-state index contributed by atoms with van der Waals surface area (Å²) < 4.78 is 25.9. The molecule has 1 aromatic carbocycles. The molecule has 16 heavy (non-hydrogen) atoms. The molecule has 0 aromatic heterocycles. The normalized spacial score (nSPS) is 12.9. The Morgan fingerprint density at radius 1 is 1.38 bits per heavy atom. The average molecular weight is 285 g/mol. The summed E-state index contributed by atoms with van der Waals surface area (Å²) in [6.45, 7) is 1.96. The maximum Gasteiger partial charge on any atom is 0.240 e. The zero-order chi connectivity index (χ0) is 11.5. The van der Waals surface area contributed by atoms with E-state index in [1.807, 2.05) is 0 Å². The molecule has 0 spiro atoms. The van der Waals surface area contributed by atoms with Gasteiger partial charge in [-0.25, -0.2) is 13.1 Å². The molecule has 1 aromatic rings. The Balaban J connectivity index is 0.00000225. The predicted octanol–water partition coefficient (Wildman–Crippen LogP) is 1.39. The lowest BCUT2D eigenvalue weighted by Gasteiger charge is -2.11. The van der Waals surface area contributed by atoms with Gasteiger partial charge in [-0.1, -0.05) is 11.6 Å². The lowest BCUT2D eigenvalue weighted by molar-refractivity contribution is 0.562. The van der Waals surface area contributed by atoms with Crippen molar-refractivity contribution in [3.63, 3.8) is 0 Å². The molecule has 4 nitrogen and oxygen atoms in total. The second-order valence-electron chi connectivity index (χ2n) is 3.21. The van der Waals surface area contributed by atoms with Gasteiger partial charge in [-0.2, -0.15) is 0 Å². The van der Waals surface area contributed by atoms with Gasteiger partial charge in [0.2, 0.25) is 10.0 Å². The average Bonchev–Trinajstić information content (AvgIpc) is 2.17. The first-order valence-electron chi connectivity index (χ1n) is 4.43. The number of benzene rings is 1. The molecule has 0 saturated carbocycles. The van der Waals surface area contributed by atoms with Crippen LogP contribution in [0.15, 0.2) is 29.2 Å². The smallest absolute Gasteiger partial charge is 0.240 e. The van der Waals surface area contributed by atoms with Crippen LogP contribution in [0.1, 0.15) is 6.92 Å². The van der Waals surface area contributed by atoms with Gasteiger partial charge in [-0.15, -0.1) is 12.4 Å². The van der Waals surface area contributed by atoms with E-state index in [-0.39, 0.29) is 29.9 Å². The number of hydrogen-bond donors (Lipinski definition) is 2. The summed E-state index contributed by atoms with van der Waals surface area (Å²) in [7, 11) is -3.48. The quantitative estimate of drug-likeness (QED) is 0.878. The van der Waals surface area contributed by atoms with Crippen molar-refractivity contribution in [1.82, 2.24) is 4.72 Å². The van der Waals surface area contributed by atoms with E-state index in [1.165, 1.54) is 24.3 Å². The maximum atomic E-state index is 11.7. The highest BCUT2D eigenvalue weighted by Crippen LogP contribution is 2.13. The second-order valence-corrected chi connectivity index (χ2v) is 5.36. The summed E-state index contributed by atoms with van der Waals surface area (Å²) in [5, 5.41) is 0.501. The summed E-state index contributed by atoms with van der Waals surface area (Å²) in [6, 6.07) is 5.68. The molecule has 0 aliphatic heterocycles. The maximum absolute atomic E-state index is 11.7. The van der Waals surface area contributed by atoms with Crippen LogP contribution in [0, 0.1) is 0 Å². The molecule has 0 aliphatic carbocycles. The minimum atomic E-state index is -3.48. The first kappa shape index (κ1) is 15.7. The highest BCUT2D eigenvalue weighted by Gasteiger charge is 2.15. The zero-order valence-electron chi connectivity index (χ0n) is 8.68. The number of rotatable bonds is 4. The summed E-state index contributed by atoms with van der Waals surface area (Å²) in [5.74, 6) is 0. The molecule has 0 bridgehead atoms. The van der Waals surface area contributed by atoms with E-state index >= 15 is 0 Å². The van der Waals surface area contributed by atoms with E-state index < -0.39 is 10.0 Å². The number of sulfonamides is 1. The van der Waals surface area contributed by atoms with E-state index in [9.17, 15) is 8.42 Å². The van der Waals surface area contributed by atoms with E-state index in [0.29, 0.717) is 5.02 Å². The van der Waals surface area contributed by atoms with Crippen LogP contribution in [0.2, 0.25) is 5.02 Å². The Morgan fingerprint density at radius 3 is 2.31 bits per heavy atom. The molecule has 0 heterocycles. The molecule has 92 valence electrons. The molecular formula is C9H14Cl2N2O2S. The van der Waals surface area contributed by atoms with Gasteiger partial charge in [0.25, 0.3) is 0 Å². The number of nitrogens with one attached hydrogen (secondary N) is 1. The third kappa shape index (κ3) is 4.27. The Morgan fingerprint density at radius 2 is 1.88 bits per heavy atom. The molecule has 3 N–H and O–H groups in total. The summed E-state index contributed by atoms with van der Waals surface area (Å²) in [6.07, 6.45) is 0.